The fourth-order valence-electron chi connectivity index (χ4n) is 3.85. The van der Waals surface area contributed by atoms with E-state index in [1.54, 1.807) is 13.8 Å². The highest BCUT2D eigenvalue weighted by Gasteiger charge is 2.47. The highest BCUT2D eigenvalue weighted by Crippen LogP contribution is 2.35. The largest absolute Gasteiger partial charge is 0.506 e. The van der Waals surface area contributed by atoms with Gasteiger partial charge in [-0.3, -0.25) is 19.3 Å². The number of phenols is 1. The number of aromatic hydroxyl groups is 1. The Bertz CT molecular complexity index is 974. The summed E-state index contributed by atoms with van der Waals surface area (Å²) in [4.78, 5) is 38.3. The molecule has 10 heteroatoms. The monoisotopic (exact) mass is 435 g/mol. The van der Waals surface area contributed by atoms with E-state index in [4.69, 9.17) is 0 Å². The van der Waals surface area contributed by atoms with Crippen molar-refractivity contribution in [3.05, 3.63) is 30.4 Å². The molecule has 2 aliphatic rings. The zero-order chi connectivity index (χ0) is 22.1. The number of nitrogens with one attached hydrogen (secondary N) is 1. The van der Waals surface area contributed by atoms with Gasteiger partial charge < -0.3 is 10.4 Å². The molecule has 1 heterocycles. The molecule has 1 saturated heterocycles. The maximum Gasteiger partial charge on any atom is 0.244 e. The number of imide groups is 1. The van der Waals surface area contributed by atoms with E-state index in [9.17, 15) is 27.9 Å². The van der Waals surface area contributed by atoms with E-state index < -0.39 is 34.3 Å². The van der Waals surface area contributed by atoms with Crippen LogP contribution in [0.2, 0.25) is 0 Å². The van der Waals surface area contributed by atoms with Crippen molar-refractivity contribution in [2.75, 3.05) is 25.0 Å². The summed E-state index contributed by atoms with van der Waals surface area (Å²) in [6.07, 6.45) is 4.66. The number of amides is 3. The lowest BCUT2D eigenvalue weighted by Gasteiger charge is -2.19. The number of fused-ring (bicyclic) bond motifs is 1. The highest BCUT2D eigenvalue weighted by atomic mass is 32.2. The summed E-state index contributed by atoms with van der Waals surface area (Å²) in [5.41, 5.74) is -0.105. The maximum absolute atomic E-state index is 12.7. The van der Waals surface area contributed by atoms with Crippen LogP contribution < -0.4 is 5.32 Å². The third-order valence-electron chi connectivity index (χ3n) is 5.49. The SMILES string of the molecule is CCN(CC)S(=O)(=O)c1ccc(O)c(NC(=O)CN2C(=O)C3CC=CCC3C2=O)c1. The number of sulfonamides is 1. The molecule has 1 aromatic rings. The van der Waals surface area contributed by atoms with Gasteiger partial charge in [-0.2, -0.15) is 4.31 Å². The van der Waals surface area contributed by atoms with E-state index in [1.165, 1.54) is 16.4 Å². The first-order valence-corrected chi connectivity index (χ1v) is 11.3. The number of benzene rings is 1. The van der Waals surface area contributed by atoms with Gasteiger partial charge in [-0.1, -0.05) is 26.0 Å². The number of rotatable bonds is 7. The van der Waals surface area contributed by atoms with E-state index >= 15 is 0 Å². The molecular formula is C20H25N3O6S. The van der Waals surface area contributed by atoms with Crippen molar-refractivity contribution in [1.29, 1.82) is 0 Å². The third kappa shape index (κ3) is 3.97. The smallest absolute Gasteiger partial charge is 0.244 e. The van der Waals surface area contributed by atoms with Gasteiger partial charge in [0.2, 0.25) is 27.7 Å². The first kappa shape index (κ1) is 22.0. The zero-order valence-electron chi connectivity index (χ0n) is 16.9. The molecular weight excluding hydrogens is 410 g/mol. The fourth-order valence-corrected chi connectivity index (χ4v) is 5.33. The summed E-state index contributed by atoms with van der Waals surface area (Å²) >= 11 is 0. The maximum atomic E-state index is 12.7. The highest BCUT2D eigenvalue weighted by molar-refractivity contribution is 7.89. The minimum Gasteiger partial charge on any atom is -0.506 e. The number of hydrogen-bond acceptors (Lipinski definition) is 6. The minimum absolute atomic E-state index is 0.0790. The van der Waals surface area contributed by atoms with Gasteiger partial charge in [-0.05, 0) is 31.0 Å². The second kappa shape index (κ2) is 8.57. The number of nitrogens with zero attached hydrogens (tertiary/aromatic N) is 2. The van der Waals surface area contributed by atoms with Crippen molar-refractivity contribution in [2.45, 2.75) is 31.6 Å². The van der Waals surface area contributed by atoms with Crippen molar-refractivity contribution in [1.82, 2.24) is 9.21 Å². The lowest BCUT2D eigenvalue weighted by molar-refractivity contribution is -0.142. The number of carbonyl (C=O) groups excluding carboxylic acids is 3. The number of anilines is 1. The molecule has 30 heavy (non-hydrogen) atoms. The summed E-state index contributed by atoms with van der Waals surface area (Å²) < 4.78 is 26.6. The Balaban J connectivity index is 1.76. The molecule has 0 radical (unpaired) electrons. The molecule has 0 bridgehead atoms. The van der Waals surface area contributed by atoms with Gasteiger partial charge in [0.05, 0.1) is 22.4 Å². The van der Waals surface area contributed by atoms with Gasteiger partial charge in [0.15, 0.2) is 0 Å². The Morgan fingerprint density at radius 3 is 2.23 bits per heavy atom. The molecule has 0 saturated carbocycles. The molecule has 2 unspecified atom stereocenters. The predicted molar refractivity (Wildman–Crippen MR) is 109 cm³/mol. The van der Waals surface area contributed by atoms with Gasteiger partial charge in [-0.25, -0.2) is 8.42 Å². The Hall–Kier alpha value is -2.72. The van der Waals surface area contributed by atoms with Crippen molar-refractivity contribution in [3.8, 4) is 5.75 Å². The van der Waals surface area contributed by atoms with Crippen LogP contribution in [0.1, 0.15) is 26.7 Å². The summed E-state index contributed by atoms with van der Waals surface area (Å²) in [5.74, 6) is -2.66. The molecule has 1 aromatic carbocycles. The molecule has 3 rings (SSSR count). The molecule has 162 valence electrons. The van der Waals surface area contributed by atoms with Crippen LogP contribution in [0.5, 0.6) is 5.75 Å². The quantitative estimate of drug-likeness (QED) is 0.378. The average molecular weight is 436 g/mol. The molecule has 1 fully saturated rings. The van der Waals surface area contributed by atoms with Crippen LogP contribution in [0.15, 0.2) is 35.2 Å². The molecule has 3 amide bonds. The number of phenolic OH excluding ortho intramolecular Hbond substituents is 1. The second-order valence-electron chi connectivity index (χ2n) is 7.23. The van der Waals surface area contributed by atoms with Gasteiger partial charge in [0, 0.05) is 13.1 Å². The topological polar surface area (TPSA) is 124 Å². The Morgan fingerprint density at radius 1 is 1.13 bits per heavy atom. The minimum atomic E-state index is -3.79. The zero-order valence-corrected chi connectivity index (χ0v) is 17.7. The summed E-state index contributed by atoms with van der Waals surface area (Å²) in [5, 5.41) is 12.5. The lowest BCUT2D eigenvalue weighted by atomic mass is 9.85. The second-order valence-corrected chi connectivity index (χ2v) is 9.17. The predicted octanol–water partition coefficient (Wildman–Crippen LogP) is 1.31. The van der Waals surface area contributed by atoms with E-state index in [1.807, 2.05) is 12.2 Å². The third-order valence-corrected chi connectivity index (χ3v) is 7.53. The molecule has 1 aliphatic heterocycles. The van der Waals surface area contributed by atoms with E-state index in [0.717, 1.165) is 11.0 Å². The molecule has 2 N–H and O–H groups in total. The number of likely N-dealkylation sites (tertiary alicyclic amines) is 1. The average Bonchev–Trinajstić information content (AvgIpc) is 2.95. The molecule has 2 atom stereocenters. The van der Waals surface area contributed by atoms with Crippen LogP contribution in [0, 0.1) is 11.8 Å². The first-order valence-electron chi connectivity index (χ1n) is 9.83. The van der Waals surface area contributed by atoms with Gasteiger partial charge in [0.1, 0.15) is 12.3 Å². The molecule has 0 spiro atoms. The van der Waals surface area contributed by atoms with E-state index in [2.05, 4.69) is 5.32 Å². The first-order chi connectivity index (χ1) is 14.2. The van der Waals surface area contributed by atoms with Crippen molar-refractivity contribution in [3.63, 3.8) is 0 Å². The van der Waals surface area contributed by atoms with Crippen LogP contribution in [0.3, 0.4) is 0 Å². The molecule has 9 nitrogen and oxygen atoms in total. The number of allylic oxidation sites excluding steroid dienone is 2. The Labute approximate surface area is 175 Å². The van der Waals surface area contributed by atoms with Gasteiger partial charge >= 0.3 is 0 Å². The van der Waals surface area contributed by atoms with E-state index in [-0.39, 0.29) is 41.2 Å². The van der Waals surface area contributed by atoms with Crippen LogP contribution in [-0.2, 0) is 24.4 Å². The molecule has 0 aromatic heterocycles. The normalized spacial score (nSPS) is 21.2. The Kier molecular flexibility index (Phi) is 6.27. The van der Waals surface area contributed by atoms with Crippen LogP contribution in [0.25, 0.3) is 0 Å². The Morgan fingerprint density at radius 2 is 1.70 bits per heavy atom. The van der Waals surface area contributed by atoms with Crippen molar-refractivity contribution < 1.29 is 27.9 Å². The van der Waals surface area contributed by atoms with Crippen LogP contribution in [0.4, 0.5) is 5.69 Å². The van der Waals surface area contributed by atoms with Gasteiger partial charge in [0.25, 0.3) is 0 Å². The molecule has 1 aliphatic carbocycles. The number of carbonyl (C=O) groups is 3. The standard InChI is InChI=1S/C20H25N3O6S/c1-3-22(4-2)30(28,29)13-9-10-17(24)16(11-13)21-18(25)12-23-19(26)14-7-5-6-8-15(14)20(23)27/h5-6,9-11,14-15,24H,3-4,7-8,12H2,1-2H3,(H,21,25). The van der Waals surface area contributed by atoms with Crippen molar-refractivity contribution >= 4 is 33.4 Å². The van der Waals surface area contributed by atoms with Gasteiger partial charge in [-0.15, -0.1) is 0 Å². The fraction of sp³-hybridized carbons (Fsp3) is 0.450. The van der Waals surface area contributed by atoms with Crippen LogP contribution in [-0.4, -0.2) is 60.1 Å². The summed E-state index contributed by atoms with van der Waals surface area (Å²) in [6, 6.07) is 3.60. The van der Waals surface area contributed by atoms with E-state index in [0.29, 0.717) is 12.8 Å². The van der Waals surface area contributed by atoms with Crippen molar-refractivity contribution in [2.24, 2.45) is 11.8 Å². The summed E-state index contributed by atoms with van der Waals surface area (Å²) in [7, 11) is -3.79. The summed E-state index contributed by atoms with van der Waals surface area (Å²) in [6.45, 7) is 3.48. The lowest BCUT2D eigenvalue weighted by Crippen LogP contribution is -2.38. The number of hydrogen-bond donors (Lipinski definition) is 2. The van der Waals surface area contributed by atoms with Crippen LogP contribution >= 0.6 is 0 Å².